The van der Waals surface area contributed by atoms with Gasteiger partial charge in [0, 0.05) is 6.54 Å². The van der Waals surface area contributed by atoms with E-state index in [0.29, 0.717) is 5.92 Å². The number of hydrogen-bond acceptors (Lipinski definition) is 2. The largest absolute Gasteiger partial charge is 0.330 e. The van der Waals surface area contributed by atoms with Gasteiger partial charge in [0.1, 0.15) is 0 Å². The van der Waals surface area contributed by atoms with Crippen LogP contribution in [0.5, 0.6) is 0 Å². The van der Waals surface area contributed by atoms with Gasteiger partial charge in [0.2, 0.25) is 0 Å². The van der Waals surface area contributed by atoms with E-state index in [4.69, 9.17) is 11.5 Å². The van der Waals surface area contributed by atoms with E-state index in [0.717, 1.165) is 19.0 Å². The van der Waals surface area contributed by atoms with Crippen LogP contribution < -0.4 is 11.5 Å². The number of fused-ring (bicyclic) bond motifs is 2. The van der Waals surface area contributed by atoms with Crippen LogP contribution in [0.4, 0.5) is 0 Å². The summed E-state index contributed by atoms with van der Waals surface area (Å²) in [7, 11) is 0. The lowest BCUT2D eigenvalue weighted by atomic mass is 9.91. The zero-order valence-electron chi connectivity index (χ0n) is 6.84. The Morgan fingerprint density at radius 2 is 2.09 bits per heavy atom. The maximum Gasteiger partial charge on any atom is 0.0139 e. The van der Waals surface area contributed by atoms with Gasteiger partial charge in [0.25, 0.3) is 0 Å². The monoisotopic (exact) mass is 152 g/mol. The SMILES string of the molecule is NCC1=C2CC(C1)CC2CN. The molecule has 0 aliphatic heterocycles. The van der Waals surface area contributed by atoms with Gasteiger partial charge in [-0.25, -0.2) is 0 Å². The second kappa shape index (κ2) is 2.61. The fraction of sp³-hybridized carbons (Fsp3) is 0.778. The van der Waals surface area contributed by atoms with E-state index in [-0.39, 0.29) is 0 Å². The topological polar surface area (TPSA) is 52.0 Å². The molecule has 0 aromatic rings. The highest BCUT2D eigenvalue weighted by Gasteiger charge is 2.35. The molecule has 1 fully saturated rings. The van der Waals surface area contributed by atoms with Gasteiger partial charge in [-0.2, -0.15) is 0 Å². The van der Waals surface area contributed by atoms with Crippen molar-refractivity contribution in [1.29, 1.82) is 0 Å². The third-order valence-corrected chi connectivity index (χ3v) is 3.14. The van der Waals surface area contributed by atoms with Crippen molar-refractivity contribution in [2.45, 2.75) is 19.3 Å². The first-order valence-electron chi connectivity index (χ1n) is 4.46. The molecule has 0 amide bonds. The van der Waals surface area contributed by atoms with Crippen LogP contribution in [0.1, 0.15) is 19.3 Å². The summed E-state index contributed by atoms with van der Waals surface area (Å²) in [6, 6.07) is 0. The molecule has 2 bridgehead atoms. The van der Waals surface area contributed by atoms with Crippen LogP contribution in [0.25, 0.3) is 0 Å². The van der Waals surface area contributed by atoms with Gasteiger partial charge in [-0.1, -0.05) is 11.1 Å². The molecule has 2 nitrogen and oxygen atoms in total. The summed E-state index contributed by atoms with van der Waals surface area (Å²) < 4.78 is 0. The maximum absolute atomic E-state index is 5.66. The molecule has 0 aromatic heterocycles. The van der Waals surface area contributed by atoms with Crippen molar-refractivity contribution in [3.8, 4) is 0 Å². The van der Waals surface area contributed by atoms with Crippen molar-refractivity contribution in [2.24, 2.45) is 23.3 Å². The lowest BCUT2D eigenvalue weighted by molar-refractivity contribution is 0.484. The normalized spacial score (nSPS) is 35.5. The highest BCUT2D eigenvalue weighted by molar-refractivity contribution is 5.29. The van der Waals surface area contributed by atoms with E-state index >= 15 is 0 Å². The minimum absolute atomic E-state index is 0.687. The molecule has 11 heavy (non-hydrogen) atoms. The molecule has 0 heterocycles. The Morgan fingerprint density at radius 3 is 2.64 bits per heavy atom. The second-order valence-corrected chi connectivity index (χ2v) is 3.78. The molecular weight excluding hydrogens is 136 g/mol. The van der Waals surface area contributed by atoms with E-state index in [1.807, 2.05) is 0 Å². The van der Waals surface area contributed by atoms with Crippen LogP contribution in [0.15, 0.2) is 11.1 Å². The summed E-state index contributed by atoms with van der Waals surface area (Å²) in [5.41, 5.74) is 14.4. The van der Waals surface area contributed by atoms with Gasteiger partial charge in [0.15, 0.2) is 0 Å². The summed E-state index contributed by atoms with van der Waals surface area (Å²) in [5, 5.41) is 0. The van der Waals surface area contributed by atoms with Crippen molar-refractivity contribution in [3.05, 3.63) is 11.1 Å². The zero-order valence-corrected chi connectivity index (χ0v) is 6.84. The molecule has 1 saturated carbocycles. The van der Waals surface area contributed by atoms with Gasteiger partial charge < -0.3 is 11.5 Å². The molecule has 4 N–H and O–H groups in total. The number of hydrogen-bond donors (Lipinski definition) is 2. The van der Waals surface area contributed by atoms with E-state index in [1.165, 1.54) is 24.8 Å². The third kappa shape index (κ3) is 1.01. The standard InChI is InChI=1S/C9H16N2/c10-4-7-1-6-2-8(5-11)9(7)3-6/h6-7H,1-5,10-11H2. The average Bonchev–Trinajstić information content (AvgIpc) is 2.60. The lowest BCUT2D eigenvalue weighted by Gasteiger charge is -2.17. The van der Waals surface area contributed by atoms with E-state index in [2.05, 4.69) is 0 Å². The summed E-state index contributed by atoms with van der Waals surface area (Å²) in [4.78, 5) is 0. The molecule has 2 aliphatic rings. The molecule has 0 saturated heterocycles. The van der Waals surface area contributed by atoms with Gasteiger partial charge in [-0.15, -0.1) is 0 Å². The molecule has 2 unspecified atom stereocenters. The van der Waals surface area contributed by atoms with E-state index in [1.54, 1.807) is 5.57 Å². The van der Waals surface area contributed by atoms with E-state index < -0.39 is 0 Å². The molecular formula is C9H16N2. The molecule has 2 aliphatic carbocycles. The summed E-state index contributed by atoms with van der Waals surface area (Å²) in [5.74, 6) is 1.59. The van der Waals surface area contributed by atoms with Crippen molar-refractivity contribution >= 4 is 0 Å². The Morgan fingerprint density at radius 1 is 1.27 bits per heavy atom. The Kier molecular flexibility index (Phi) is 1.74. The molecule has 2 rings (SSSR count). The zero-order chi connectivity index (χ0) is 7.84. The van der Waals surface area contributed by atoms with E-state index in [9.17, 15) is 0 Å². The third-order valence-electron chi connectivity index (χ3n) is 3.14. The predicted molar refractivity (Wildman–Crippen MR) is 46.0 cm³/mol. The second-order valence-electron chi connectivity index (χ2n) is 3.78. The van der Waals surface area contributed by atoms with Crippen LogP contribution in [0.2, 0.25) is 0 Å². The maximum atomic E-state index is 5.66. The molecule has 0 spiro atoms. The van der Waals surface area contributed by atoms with Gasteiger partial charge in [-0.05, 0) is 37.6 Å². The Balaban J connectivity index is 2.20. The van der Waals surface area contributed by atoms with Crippen LogP contribution in [0, 0.1) is 11.8 Å². The van der Waals surface area contributed by atoms with Crippen molar-refractivity contribution in [2.75, 3.05) is 13.1 Å². The Labute approximate surface area is 67.6 Å². The first kappa shape index (κ1) is 7.32. The Hall–Kier alpha value is -0.340. The summed E-state index contributed by atoms with van der Waals surface area (Å²) in [6.45, 7) is 1.59. The van der Waals surface area contributed by atoms with Crippen LogP contribution in [-0.2, 0) is 0 Å². The van der Waals surface area contributed by atoms with Crippen LogP contribution >= 0.6 is 0 Å². The fourth-order valence-electron chi connectivity index (χ4n) is 2.63. The number of rotatable bonds is 2. The van der Waals surface area contributed by atoms with Crippen molar-refractivity contribution in [1.82, 2.24) is 0 Å². The molecule has 2 heteroatoms. The lowest BCUT2D eigenvalue weighted by Crippen LogP contribution is -2.18. The average molecular weight is 152 g/mol. The first-order chi connectivity index (χ1) is 5.35. The summed E-state index contributed by atoms with van der Waals surface area (Å²) in [6.07, 6.45) is 3.89. The van der Waals surface area contributed by atoms with Crippen LogP contribution in [-0.4, -0.2) is 13.1 Å². The quantitative estimate of drug-likeness (QED) is 0.570. The van der Waals surface area contributed by atoms with Crippen LogP contribution in [0.3, 0.4) is 0 Å². The van der Waals surface area contributed by atoms with Crippen molar-refractivity contribution in [3.63, 3.8) is 0 Å². The minimum atomic E-state index is 0.687. The predicted octanol–water partition coefficient (Wildman–Crippen LogP) is 0.630. The Bertz CT molecular complexity index is 196. The number of nitrogens with two attached hydrogens (primary N) is 2. The molecule has 2 atom stereocenters. The molecule has 0 aromatic carbocycles. The molecule has 0 radical (unpaired) electrons. The minimum Gasteiger partial charge on any atom is -0.330 e. The summed E-state index contributed by atoms with van der Waals surface area (Å²) >= 11 is 0. The van der Waals surface area contributed by atoms with Gasteiger partial charge in [-0.3, -0.25) is 0 Å². The fourth-order valence-corrected chi connectivity index (χ4v) is 2.63. The highest BCUT2D eigenvalue weighted by Crippen LogP contribution is 2.46. The van der Waals surface area contributed by atoms with Gasteiger partial charge in [0.05, 0.1) is 0 Å². The highest BCUT2D eigenvalue weighted by atomic mass is 14.6. The molecule has 62 valence electrons. The van der Waals surface area contributed by atoms with Gasteiger partial charge >= 0.3 is 0 Å². The van der Waals surface area contributed by atoms with Crippen molar-refractivity contribution < 1.29 is 0 Å². The smallest absolute Gasteiger partial charge is 0.0139 e. The first-order valence-corrected chi connectivity index (χ1v) is 4.46.